The van der Waals surface area contributed by atoms with E-state index in [0.29, 0.717) is 0 Å². The van der Waals surface area contributed by atoms with Crippen LogP contribution in [0.2, 0.25) is 0 Å². The minimum atomic E-state index is 0.826. The number of para-hydroxylation sites is 2. The smallest absolute Gasteiger partial charge is 0.225 e. The summed E-state index contributed by atoms with van der Waals surface area (Å²) in [7, 11) is 0. The van der Waals surface area contributed by atoms with Crippen molar-refractivity contribution in [1.82, 2.24) is 0 Å². The van der Waals surface area contributed by atoms with E-state index in [1.807, 2.05) is 38.1 Å². The van der Waals surface area contributed by atoms with Crippen LogP contribution in [-0.4, -0.2) is 0 Å². The van der Waals surface area contributed by atoms with Gasteiger partial charge in [-0.2, -0.15) is 0 Å². The highest BCUT2D eigenvalue weighted by Crippen LogP contribution is 2.15. The van der Waals surface area contributed by atoms with Crippen LogP contribution in [0.15, 0.2) is 33.4 Å². The molecule has 0 fully saturated rings. The first-order valence-corrected chi connectivity index (χ1v) is 3.40. The molecule has 0 aliphatic heterocycles. The van der Waals surface area contributed by atoms with Crippen molar-refractivity contribution in [3.63, 3.8) is 0 Å². The highest BCUT2D eigenvalue weighted by atomic mass is 17.0. The van der Waals surface area contributed by atoms with Crippen LogP contribution in [0.3, 0.4) is 0 Å². The van der Waals surface area contributed by atoms with Gasteiger partial charge in [-0.3, -0.25) is 9.15 Å². The lowest BCUT2D eigenvalue weighted by Gasteiger charge is -1.92. The third-order valence-corrected chi connectivity index (χ3v) is 1.07. The fraction of sp³-hybridized carbons (Fsp3) is 0.250. The number of fused-ring (bicyclic) bond motifs is 1. The van der Waals surface area contributed by atoms with E-state index >= 15 is 0 Å². The maximum absolute atomic E-state index is 4.58. The largest absolute Gasteiger partial charge is 0.286 e. The molecule has 1 aromatic carbocycles. The first kappa shape index (κ1) is 6.93. The Morgan fingerprint density at radius 2 is 1.30 bits per heavy atom. The van der Waals surface area contributed by atoms with Gasteiger partial charge in [0.2, 0.25) is 11.2 Å². The van der Waals surface area contributed by atoms with E-state index in [0.717, 1.165) is 11.2 Å². The van der Waals surface area contributed by atoms with Gasteiger partial charge in [0.1, 0.15) is 0 Å². The Hall–Kier alpha value is -1.18. The van der Waals surface area contributed by atoms with Crippen molar-refractivity contribution in [1.29, 1.82) is 0 Å². The Morgan fingerprint density at radius 1 is 0.900 bits per heavy atom. The molecule has 54 valence electrons. The maximum Gasteiger partial charge on any atom is 0.225 e. The number of rotatable bonds is 0. The van der Waals surface area contributed by atoms with Gasteiger partial charge >= 0.3 is 0 Å². The summed E-state index contributed by atoms with van der Waals surface area (Å²) in [5.41, 5.74) is 1.65. The van der Waals surface area contributed by atoms with Gasteiger partial charge in [-0.05, 0) is 12.1 Å². The van der Waals surface area contributed by atoms with Gasteiger partial charge in [-0.25, -0.2) is 0 Å². The van der Waals surface area contributed by atoms with Crippen LogP contribution >= 0.6 is 0 Å². The van der Waals surface area contributed by atoms with Crippen molar-refractivity contribution >= 4 is 11.2 Å². The van der Waals surface area contributed by atoms with Gasteiger partial charge in [0.05, 0.1) is 0 Å². The number of hydrogen-bond donors (Lipinski definition) is 0. The summed E-state index contributed by atoms with van der Waals surface area (Å²) in [6, 6.07) is 7.53. The summed E-state index contributed by atoms with van der Waals surface area (Å²) in [5.74, 6) is 0. The topological polar surface area (TPSA) is 26.3 Å². The standard InChI is InChI=1S/C6H4O2.C2H6/c1-2-4-6-5(3-1)7-8-6;1-2/h1-4H;1-2H3. The van der Waals surface area contributed by atoms with E-state index in [9.17, 15) is 0 Å². The highest BCUT2D eigenvalue weighted by Gasteiger charge is 1.97. The van der Waals surface area contributed by atoms with Crippen molar-refractivity contribution in [3.8, 4) is 0 Å². The van der Waals surface area contributed by atoms with E-state index in [1.54, 1.807) is 0 Å². The summed E-state index contributed by atoms with van der Waals surface area (Å²) in [6.07, 6.45) is 0. The Morgan fingerprint density at radius 3 is 1.50 bits per heavy atom. The second-order valence-corrected chi connectivity index (χ2v) is 1.61. The second kappa shape index (κ2) is 3.11. The molecule has 2 rings (SSSR count). The van der Waals surface area contributed by atoms with Gasteiger partial charge in [0, 0.05) is 0 Å². The SMILES string of the molecule is CC.c1ccc2ooc2c1. The summed E-state index contributed by atoms with van der Waals surface area (Å²) >= 11 is 0. The van der Waals surface area contributed by atoms with Gasteiger partial charge in [0.15, 0.2) is 0 Å². The lowest BCUT2D eigenvalue weighted by molar-refractivity contribution is 0.0589. The monoisotopic (exact) mass is 138 g/mol. The Labute approximate surface area is 59.4 Å². The summed E-state index contributed by atoms with van der Waals surface area (Å²) in [6.45, 7) is 4.00. The molecule has 0 aliphatic carbocycles. The highest BCUT2D eigenvalue weighted by molar-refractivity contribution is 5.69. The summed E-state index contributed by atoms with van der Waals surface area (Å²) in [5, 5.41) is 0. The zero-order valence-corrected chi connectivity index (χ0v) is 6.13. The molecule has 0 saturated carbocycles. The normalized spacial score (nSPS) is 9.00. The molecule has 0 spiro atoms. The van der Waals surface area contributed by atoms with Crippen LogP contribution in [0.1, 0.15) is 13.8 Å². The van der Waals surface area contributed by atoms with E-state index in [2.05, 4.69) is 9.15 Å². The van der Waals surface area contributed by atoms with E-state index in [-0.39, 0.29) is 0 Å². The summed E-state index contributed by atoms with van der Waals surface area (Å²) in [4.78, 5) is 0. The van der Waals surface area contributed by atoms with Crippen LogP contribution in [0, 0.1) is 0 Å². The maximum atomic E-state index is 4.58. The quantitative estimate of drug-likeness (QED) is 0.523. The molecule has 2 nitrogen and oxygen atoms in total. The van der Waals surface area contributed by atoms with E-state index in [1.165, 1.54) is 0 Å². The molecule has 2 aromatic rings. The predicted molar refractivity (Wildman–Crippen MR) is 39.8 cm³/mol. The number of benzene rings is 1. The van der Waals surface area contributed by atoms with E-state index < -0.39 is 0 Å². The first-order valence-electron chi connectivity index (χ1n) is 3.40. The molecule has 0 unspecified atom stereocenters. The van der Waals surface area contributed by atoms with Crippen molar-refractivity contribution in [2.24, 2.45) is 0 Å². The predicted octanol–water partition coefficient (Wildman–Crippen LogP) is 3.05. The second-order valence-electron chi connectivity index (χ2n) is 1.61. The average Bonchev–Trinajstić information content (AvgIpc) is 1.96. The summed E-state index contributed by atoms with van der Waals surface area (Å²) < 4.78 is 9.15. The third kappa shape index (κ3) is 1.05. The zero-order chi connectivity index (χ0) is 7.40. The number of hydrogen-bond acceptors (Lipinski definition) is 2. The van der Waals surface area contributed by atoms with Gasteiger partial charge in [-0.15, -0.1) is 0 Å². The molecule has 0 bridgehead atoms. The first-order chi connectivity index (χ1) is 4.97. The Bertz CT molecular complexity index is 250. The zero-order valence-electron chi connectivity index (χ0n) is 6.13. The molecule has 10 heavy (non-hydrogen) atoms. The molecule has 1 heterocycles. The van der Waals surface area contributed by atoms with E-state index in [4.69, 9.17) is 0 Å². The average molecular weight is 138 g/mol. The van der Waals surface area contributed by atoms with Crippen LogP contribution in [-0.2, 0) is 0 Å². The van der Waals surface area contributed by atoms with Crippen LogP contribution in [0.5, 0.6) is 0 Å². The minimum Gasteiger partial charge on any atom is -0.286 e. The Kier molecular flexibility index (Phi) is 2.15. The molecule has 0 N–H and O–H groups in total. The molecule has 0 aliphatic rings. The molecule has 1 aromatic heterocycles. The molecular formula is C8H10O2. The van der Waals surface area contributed by atoms with Crippen molar-refractivity contribution in [2.45, 2.75) is 13.8 Å². The van der Waals surface area contributed by atoms with Gasteiger partial charge in [-0.1, -0.05) is 26.0 Å². The van der Waals surface area contributed by atoms with Gasteiger partial charge < -0.3 is 0 Å². The molecule has 2 heteroatoms. The van der Waals surface area contributed by atoms with Crippen molar-refractivity contribution < 1.29 is 9.15 Å². The minimum absolute atomic E-state index is 0.826. The fourth-order valence-electron chi connectivity index (χ4n) is 0.644. The van der Waals surface area contributed by atoms with Crippen LogP contribution in [0.4, 0.5) is 0 Å². The molecule has 0 radical (unpaired) electrons. The van der Waals surface area contributed by atoms with Gasteiger partial charge in [0.25, 0.3) is 0 Å². The lowest BCUT2D eigenvalue weighted by atomic mass is 10.3. The molecular weight excluding hydrogens is 128 g/mol. The van der Waals surface area contributed by atoms with Crippen LogP contribution in [0.25, 0.3) is 11.2 Å². The Balaban J connectivity index is 0.000000231. The van der Waals surface area contributed by atoms with Crippen LogP contribution < -0.4 is 0 Å². The van der Waals surface area contributed by atoms with Crippen molar-refractivity contribution in [2.75, 3.05) is 0 Å². The van der Waals surface area contributed by atoms with Crippen molar-refractivity contribution in [3.05, 3.63) is 24.3 Å². The molecule has 0 atom stereocenters. The fourth-order valence-corrected chi connectivity index (χ4v) is 0.644. The molecule has 0 amide bonds. The lowest BCUT2D eigenvalue weighted by Crippen LogP contribution is -1.70. The molecule has 0 saturated heterocycles. The third-order valence-electron chi connectivity index (χ3n) is 1.07.